The molecule has 0 saturated heterocycles. The van der Waals surface area contributed by atoms with Crippen LogP contribution in [0.4, 0.5) is 0 Å². The van der Waals surface area contributed by atoms with Crippen LogP contribution in [0.1, 0.15) is 69.3 Å². The molecule has 2 saturated carbocycles. The second kappa shape index (κ2) is 7.88. The Morgan fingerprint density at radius 2 is 1.83 bits per heavy atom. The molecule has 0 bridgehead atoms. The van der Waals surface area contributed by atoms with Crippen molar-refractivity contribution in [1.29, 1.82) is 0 Å². The van der Waals surface area contributed by atoms with Gasteiger partial charge in [0.15, 0.2) is 0 Å². The number of rotatable bonds is 6. The molecular weight excluding hydrogens is 320 g/mol. The van der Waals surface area contributed by atoms with E-state index in [2.05, 4.69) is 17.4 Å². The number of nitrogens with two attached hydrogens (primary N) is 1. The minimum atomic E-state index is -0.422. The summed E-state index contributed by atoms with van der Waals surface area (Å²) in [5, 5.41) is 4.41. The number of carbonyl (C=O) groups is 1. The quantitative estimate of drug-likeness (QED) is 0.800. The van der Waals surface area contributed by atoms with Crippen LogP contribution in [0, 0.1) is 5.92 Å². The van der Waals surface area contributed by atoms with E-state index in [-0.39, 0.29) is 5.91 Å². The van der Waals surface area contributed by atoms with E-state index in [1.54, 1.807) is 0 Å². The summed E-state index contributed by atoms with van der Waals surface area (Å²) in [5.41, 5.74) is 6.53. The maximum atomic E-state index is 11.8. The van der Waals surface area contributed by atoms with E-state index in [1.807, 2.05) is 12.1 Å². The van der Waals surface area contributed by atoms with Crippen LogP contribution in [0.15, 0.2) is 24.3 Å². The van der Waals surface area contributed by atoms with Gasteiger partial charge in [0, 0.05) is 5.02 Å². The van der Waals surface area contributed by atoms with Crippen LogP contribution in [-0.2, 0) is 4.79 Å². The van der Waals surface area contributed by atoms with Crippen LogP contribution in [0.3, 0.4) is 0 Å². The lowest BCUT2D eigenvalue weighted by atomic mass is 9.77. The van der Waals surface area contributed by atoms with Crippen molar-refractivity contribution in [2.45, 2.75) is 69.2 Å². The Morgan fingerprint density at radius 1 is 1.17 bits per heavy atom. The van der Waals surface area contributed by atoms with Crippen molar-refractivity contribution in [3.05, 3.63) is 34.9 Å². The van der Waals surface area contributed by atoms with E-state index < -0.39 is 5.54 Å². The first-order valence-electron chi connectivity index (χ1n) is 9.40. The third kappa shape index (κ3) is 3.94. The van der Waals surface area contributed by atoms with Crippen LogP contribution in [0.25, 0.3) is 0 Å². The molecule has 2 aliphatic carbocycles. The van der Waals surface area contributed by atoms with Gasteiger partial charge in [-0.05, 0) is 75.0 Å². The number of benzene rings is 1. The molecule has 1 aromatic rings. The maximum absolute atomic E-state index is 11.8. The zero-order valence-electron chi connectivity index (χ0n) is 14.4. The Morgan fingerprint density at radius 3 is 2.46 bits per heavy atom. The Labute approximate surface area is 150 Å². The summed E-state index contributed by atoms with van der Waals surface area (Å²) in [7, 11) is 0. The molecule has 3 N–H and O–H groups in total. The van der Waals surface area contributed by atoms with Crippen LogP contribution in [0.5, 0.6) is 0 Å². The zero-order valence-corrected chi connectivity index (χ0v) is 15.2. The molecule has 4 heteroatoms. The lowest BCUT2D eigenvalue weighted by molar-refractivity contribution is -0.124. The van der Waals surface area contributed by atoms with E-state index in [0.29, 0.717) is 5.92 Å². The predicted octanol–water partition coefficient (Wildman–Crippen LogP) is 4.39. The van der Waals surface area contributed by atoms with E-state index in [1.165, 1.54) is 31.2 Å². The molecule has 0 unspecified atom stereocenters. The SMILES string of the molecule is NC(=O)C1(NCCC2CCC(c3ccccc3Cl)CC2)CCCC1. The first-order chi connectivity index (χ1) is 11.6. The van der Waals surface area contributed by atoms with Gasteiger partial charge in [-0.1, -0.05) is 42.6 Å². The van der Waals surface area contributed by atoms with E-state index in [0.717, 1.165) is 49.6 Å². The number of hydrogen-bond acceptors (Lipinski definition) is 2. The fourth-order valence-electron chi connectivity index (χ4n) is 4.57. The van der Waals surface area contributed by atoms with Gasteiger partial charge >= 0.3 is 0 Å². The Hall–Kier alpha value is -1.06. The Balaban J connectivity index is 1.44. The number of amides is 1. The fraction of sp³-hybridized carbons (Fsp3) is 0.650. The molecule has 2 fully saturated rings. The van der Waals surface area contributed by atoms with Gasteiger partial charge in [0.05, 0.1) is 5.54 Å². The van der Waals surface area contributed by atoms with E-state index in [4.69, 9.17) is 17.3 Å². The second-order valence-electron chi connectivity index (χ2n) is 7.61. The summed E-state index contributed by atoms with van der Waals surface area (Å²) < 4.78 is 0. The summed E-state index contributed by atoms with van der Waals surface area (Å²) in [4.78, 5) is 11.8. The molecule has 1 aromatic carbocycles. The average molecular weight is 349 g/mol. The Kier molecular flexibility index (Phi) is 5.83. The second-order valence-corrected chi connectivity index (χ2v) is 8.02. The summed E-state index contributed by atoms with van der Waals surface area (Å²) in [6.45, 7) is 0.907. The van der Waals surface area contributed by atoms with E-state index in [9.17, 15) is 4.79 Å². The lowest BCUT2D eigenvalue weighted by Gasteiger charge is -2.31. The molecule has 1 amide bonds. The van der Waals surface area contributed by atoms with Gasteiger partial charge in [-0.3, -0.25) is 4.79 Å². The lowest BCUT2D eigenvalue weighted by Crippen LogP contribution is -2.53. The molecule has 3 nitrogen and oxygen atoms in total. The zero-order chi connectivity index (χ0) is 17.0. The maximum Gasteiger partial charge on any atom is 0.237 e. The molecular formula is C20H29ClN2O. The van der Waals surface area contributed by atoms with Gasteiger partial charge in [0.1, 0.15) is 0 Å². The van der Waals surface area contributed by atoms with Gasteiger partial charge < -0.3 is 11.1 Å². The molecule has 0 radical (unpaired) electrons. The molecule has 132 valence electrons. The Bertz CT molecular complexity index is 561. The summed E-state index contributed by atoms with van der Waals surface area (Å²) in [6, 6.07) is 8.26. The van der Waals surface area contributed by atoms with Crippen molar-refractivity contribution < 1.29 is 4.79 Å². The van der Waals surface area contributed by atoms with Crippen molar-refractivity contribution in [1.82, 2.24) is 5.32 Å². The highest BCUT2D eigenvalue weighted by atomic mass is 35.5. The standard InChI is InChI=1S/C20H29ClN2O/c21-18-6-2-1-5-17(18)16-9-7-15(8-10-16)11-14-23-20(19(22)24)12-3-4-13-20/h1-2,5-6,15-16,23H,3-4,7-14H2,(H2,22,24). The molecule has 0 spiro atoms. The van der Waals surface area contributed by atoms with Crippen molar-refractivity contribution in [3.8, 4) is 0 Å². The summed E-state index contributed by atoms with van der Waals surface area (Å²) in [6.07, 6.45) is 10.1. The third-order valence-electron chi connectivity index (χ3n) is 6.14. The number of nitrogens with one attached hydrogen (secondary N) is 1. The van der Waals surface area contributed by atoms with Gasteiger partial charge in [0.25, 0.3) is 0 Å². The predicted molar refractivity (Wildman–Crippen MR) is 99.2 cm³/mol. The van der Waals surface area contributed by atoms with Crippen molar-refractivity contribution in [2.75, 3.05) is 6.54 Å². The summed E-state index contributed by atoms with van der Waals surface area (Å²) >= 11 is 6.34. The van der Waals surface area contributed by atoms with Gasteiger partial charge in [0.2, 0.25) is 5.91 Å². The first kappa shape index (κ1) is 17.8. The number of hydrogen-bond donors (Lipinski definition) is 2. The first-order valence-corrected chi connectivity index (χ1v) is 9.78. The molecule has 0 aromatic heterocycles. The van der Waals surface area contributed by atoms with Crippen LogP contribution in [-0.4, -0.2) is 18.0 Å². The van der Waals surface area contributed by atoms with Crippen LogP contribution >= 0.6 is 11.6 Å². The van der Waals surface area contributed by atoms with E-state index >= 15 is 0 Å². The number of carbonyl (C=O) groups excluding carboxylic acids is 1. The minimum absolute atomic E-state index is 0.164. The van der Waals surface area contributed by atoms with Gasteiger partial charge in [-0.2, -0.15) is 0 Å². The van der Waals surface area contributed by atoms with Crippen molar-refractivity contribution in [2.24, 2.45) is 11.7 Å². The number of primary amides is 1. The smallest absolute Gasteiger partial charge is 0.237 e. The molecule has 0 heterocycles. The molecule has 0 aliphatic heterocycles. The van der Waals surface area contributed by atoms with Crippen LogP contribution in [0.2, 0.25) is 5.02 Å². The van der Waals surface area contributed by atoms with Crippen molar-refractivity contribution >= 4 is 17.5 Å². The highest BCUT2D eigenvalue weighted by Gasteiger charge is 2.38. The monoisotopic (exact) mass is 348 g/mol. The summed E-state index contributed by atoms with van der Waals surface area (Å²) in [5.74, 6) is 1.19. The largest absolute Gasteiger partial charge is 0.368 e. The van der Waals surface area contributed by atoms with Gasteiger partial charge in [-0.25, -0.2) is 0 Å². The minimum Gasteiger partial charge on any atom is -0.368 e. The molecule has 3 rings (SSSR count). The highest BCUT2D eigenvalue weighted by molar-refractivity contribution is 6.31. The fourth-order valence-corrected chi connectivity index (χ4v) is 4.86. The molecule has 24 heavy (non-hydrogen) atoms. The normalized spacial score (nSPS) is 26.4. The van der Waals surface area contributed by atoms with Crippen molar-refractivity contribution in [3.63, 3.8) is 0 Å². The number of halogens is 1. The van der Waals surface area contributed by atoms with Crippen LogP contribution < -0.4 is 11.1 Å². The topological polar surface area (TPSA) is 55.1 Å². The molecule has 0 atom stereocenters. The third-order valence-corrected chi connectivity index (χ3v) is 6.48. The van der Waals surface area contributed by atoms with Gasteiger partial charge in [-0.15, -0.1) is 0 Å². The highest BCUT2D eigenvalue weighted by Crippen LogP contribution is 2.39. The average Bonchev–Trinajstić information content (AvgIpc) is 3.06. The molecule has 2 aliphatic rings.